The van der Waals surface area contributed by atoms with Gasteiger partial charge in [-0.05, 0) is 56.8 Å². The van der Waals surface area contributed by atoms with Gasteiger partial charge in [0.1, 0.15) is 0 Å². The number of rotatable bonds is 6. The molecule has 1 aliphatic rings. The fourth-order valence-corrected chi connectivity index (χ4v) is 3.46. The number of hydrogen-bond donors (Lipinski definition) is 2. The zero-order valence-corrected chi connectivity index (χ0v) is 13.7. The van der Waals surface area contributed by atoms with Crippen LogP contribution in [0.1, 0.15) is 44.6 Å². The SMILES string of the molecule is CC(F)(F)CCC[C@@](O)(c1cccc(Cl)c1)[C@@H]1CCCNC1. The van der Waals surface area contributed by atoms with Crippen LogP contribution >= 0.6 is 11.6 Å². The molecular weight excluding hydrogens is 308 g/mol. The van der Waals surface area contributed by atoms with Crippen LogP contribution in [0.15, 0.2) is 24.3 Å². The zero-order chi connectivity index (χ0) is 16.2. The highest BCUT2D eigenvalue weighted by atomic mass is 35.5. The molecule has 2 nitrogen and oxygen atoms in total. The molecule has 124 valence electrons. The first-order valence-corrected chi connectivity index (χ1v) is 8.26. The van der Waals surface area contributed by atoms with Crippen molar-refractivity contribution >= 4 is 11.6 Å². The van der Waals surface area contributed by atoms with Crippen LogP contribution in [0.2, 0.25) is 5.02 Å². The molecule has 0 aromatic heterocycles. The van der Waals surface area contributed by atoms with Gasteiger partial charge in [0.2, 0.25) is 5.92 Å². The van der Waals surface area contributed by atoms with E-state index in [-0.39, 0.29) is 18.8 Å². The molecule has 2 rings (SSSR count). The van der Waals surface area contributed by atoms with E-state index < -0.39 is 11.5 Å². The van der Waals surface area contributed by atoms with Crippen molar-refractivity contribution in [3.05, 3.63) is 34.9 Å². The third-order valence-corrected chi connectivity index (χ3v) is 4.71. The Balaban J connectivity index is 2.19. The average Bonchev–Trinajstić information content (AvgIpc) is 2.46. The van der Waals surface area contributed by atoms with Gasteiger partial charge in [0.05, 0.1) is 5.60 Å². The number of halogens is 3. The fraction of sp³-hybridized carbons (Fsp3) is 0.647. The van der Waals surface area contributed by atoms with E-state index in [4.69, 9.17) is 11.6 Å². The number of hydrogen-bond acceptors (Lipinski definition) is 2. The van der Waals surface area contributed by atoms with Crippen molar-refractivity contribution in [3.63, 3.8) is 0 Å². The summed E-state index contributed by atoms with van der Waals surface area (Å²) >= 11 is 6.05. The summed E-state index contributed by atoms with van der Waals surface area (Å²) in [6, 6.07) is 7.14. The van der Waals surface area contributed by atoms with E-state index >= 15 is 0 Å². The standard InChI is InChI=1S/C17H24ClF2NO/c1-16(19,20)8-4-9-17(22,14-6-3-10-21-12-14)13-5-2-7-15(18)11-13/h2,5,7,11,14,21-22H,3-4,6,8-10,12H2,1H3/t14-,17-/m1/s1. The highest BCUT2D eigenvalue weighted by Crippen LogP contribution is 2.39. The summed E-state index contributed by atoms with van der Waals surface area (Å²) in [5, 5.41) is 15.1. The fourth-order valence-electron chi connectivity index (χ4n) is 3.27. The molecule has 2 atom stereocenters. The molecule has 0 bridgehead atoms. The van der Waals surface area contributed by atoms with Crippen molar-refractivity contribution in [2.45, 2.75) is 50.6 Å². The highest BCUT2D eigenvalue weighted by molar-refractivity contribution is 6.30. The topological polar surface area (TPSA) is 32.3 Å². The molecule has 0 aliphatic carbocycles. The third-order valence-electron chi connectivity index (χ3n) is 4.47. The van der Waals surface area contributed by atoms with E-state index in [1.54, 1.807) is 18.2 Å². The number of alkyl halides is 2. The first-order chi connectivity index (χ1) is 10.3. The summed E-state index contributed by atoms with van der Waals surface area (Å²) in [5.74, 6) is -2.68. The van der Waals surface area contributed by atoms with Crippen LogP contribution in [0.3, 0.4) is 0 Å². The predicted molar refractivity (Wildman–Crippen MR) is 85.4 cm³/mol. The summed E-state index contributed by atoms with van der Waals surface area (Å²) in [5.41, 5.74) is -0.378. The minimum Gasteiger partial charge on any atom is -0.385 e. The van der Waals surface area contributed by atoms with Crippen LogP contribution in [0.25, 0.3) is 0 Å². The van der Waals surface area contributed by atoms with Crippen LogP contribution < -0.4 is 5.32 Å². The molecule has 1 saturated heterocycles. The van der Waals surface area contributed by atoms with Crippen molar-refractivity contribution in [2.24, 2.45) is 5.92 Å². The first kappa shape index (κ1) is 17.6. The number of aliphatic hydroxyl groups is 1. The van der Waals surface area contributed by atoms with E-state index in [1.165, 1.54) is 0 Å². The Morgan fingerprint density at radius 3 is 2.73 bits per heavy atom. The van der Waals surface area contributed by atoms with E-state index in [2.05, 4.69) is 5.32 Å². The summed E-state index contributed by atoms with van der Waals surface area (Å²) in [4.78, 5) is 0. The second-order valence-corrected chi connectivity index (χ2v) is 6.84. The van der Waals surface area contributed by atoms with Gasteiger partial charge in [0.25, 0.3) is 0 Å². The molecule has 0 radical (unpaired) electrons. The average molecular weight is 332 g/mol. The molecule has 0 spiro atoms. The molecule has 5 heteroatoms. The minimum absolute atomic E-state index is 0.0187. The molecule has 1 aliphatic heterocycles. The molecule has 1 aromatic carbocycles. The van der Waals surface area contributed by atoms with Gasteiger partial charge in [-0.25, -0.2) is 8.78 Å². The van der Waals surface area contributed by atoms with Crippen LogP contribution in [-0.2, 0) is 5.60 Å². The van der Waals surface area contributed by atoms with Gasteiger partial charge in [-0.15, -0.1) is 0 Å². The Hall–Kier alpha value is -0.710. The highest BCUT2D eigenvalue weighted by Gasteiger charge is 2.39. The van der Waals surface area contributed by atoms with Crippen molar-refractivity contribution in [1.82, 2.24) is 5.32 Å². The lowest BCUT2D eigenvalue weighted by Gasteiger charge is -2.39. The zero-order valence-electron chi connectivity index (χ0n) is 12.9. The van der Waals surface area contributed by atoms with Gasteiger partial charge >= 0.3 is 0 Å². The molecule has 1 heterocycles. The van der Waals surface area contributed by atoms with Gasteiger partial charge in [-0.1, -0.05) is 23.7 Å². The Morgan fingerprint density at radius 2 is 2.14 bits per heavy atom. The maximum absolute atomic E-state index is 13.1. The van der Waals surface area contributed by atoms with Crippen LogP contribution in [0.5, 0.6) is 0 Å². The molecule has 0 saturated carbocycles. The van der Waals surface area contributed by atoms with Crippen molar-refractivity contribution in [3.8, 4) is 0 Å². The monoisotopic (exact) mass is 331 g/mol. The molecule has 0 unspecified atom stereocenters. The molecule has 2 N–H and O–H groups in total. The van der Waals surface area contributed by atoms with Crippen molar-refractivity contribution in [1.29, 1.82) is 0 Å². The summed E-state index contributed by atoms with van der Waals surface area (Å²) < 4.78 is 26.2. The predicted octanol–water partition coefficient (Wildman–Crippen LogP) is 4.35. The quantitative estimate of drug-likeness (QED) is 0.812. The molecule has 22 heavy (non-hydrogen) atoms. The van der Waals surface area contributed by atoms with Gasteiger partial charge in [-0.3, -0.25) is 0 Å². The van der Waals surface area contributed by atoms with Crippen LogP contribution in [-0.4, -0.2) is 24.1 Å². The van der Waals surface area contributed by atoms with Crippen molar-refractivity contribution in [2.75, 3.05) is 13.1 Å². The van der Waals surface area contributed by atoms with Gasteiger partial charge in [0, 0.05) is 23.9 Å². The lowest BCUT2D eigenvalue weighted by atomic mass is 9.74. The largest absolute Gasteiger partial charge is 0.385 e. The Bertz CT molecular complexity index is 486. The van der Waals surface area contributed by atoms with Crippen molar-refractivity contribution < 1.29 is 13.9 Å². The van der Waals surface area contributed by atoms with E-state index in [0.29, 0.717) is 18.0 Å². The lowest BCUT2D eigenvalue weighted by Crippen LogP contribution is -2.44. The maximum Gasteiger partial charge on any atom is 0.245 e. The Labute approximate surface area is 135 Å². The molecule has 0 amide bonds. The Kier molecular flexibility index (Phi) is 5.81. The number of piperidine rings is 1. The Morgan fingerprint density at radius 1 is 1.36 bits per heavy atom. The minimum atomic E-state index is -2.69. The van der Waals surface area contributed by atoms with Crippen LogP contribution in [0.4, 0.5) is 8.78 Å². The normalized spacial score (nSPS) is 22.3. The van der Waals surface area contributed by atoms with Gasteiger partial charge < -0.3 is 10.4 Å². The lowest BCUT2D eigenvalue weighted by molar-refractivity contribution is -0.0520. The van der Waals surface area contributed by atoms with Gasteiger partial charge in [0.15, 0.2) is 0 Å². The second kappa shape index (κ2) is 7.24. The summed E-state index contributed by atoms with van der Waals surface area (Å²) in [6.07, 6.45) is 2.26. The maximum atomic E-state index is 13.1. The van der Waals surface area contributed by atoms with E-state index in [9.17, 15) is 13.9 Å². The van der Waals surface area contributed by atoms with E-state index in [0.717, 1.165) is 31.9 Å². The third kappa shape index (κ3) is 4.64. The van der Waals surface area contributed by atoms with Gasteiger partial charge in [-0.2, -0.15) is 0 Å². The number of benzene rings is 1. The smallest absolute Gasteiger partial charge is 0.245 e. The second-order valence-electron chi connectivity index (χ2n) is 6.40. The first-order valence-electron chi connectivity index (χ1n) is 7.88. The van der Waals surface area contributed by atoms with Crippen LogP contribution in [0, 0.1) is 5.92 Å². The summed E-state index contributed by atoms with van der Waals surface area (Å²) in [7, 11) is 0. The molecule has 1 aromatic rings. The van der Waals surface area contributed by atoms with E-state index in [1.807, 2.05) is 6.07 Å². The number of nitrogens with one attached hydrogen (secondary N) is 1. The molecular formula is C17H24ClF2NO. The molecule has 1 fully saturated rings. The summed E-state index contributed by atoms with van der Waals surface area (Å²) in [6.45, 7) is 2.56.